The van der Waals surface area contributed by atoms with Gasteiger partial charge >= 0.3 is 6.09 Å². The number of ether oxygens (including phenoxy) is 1. The molecule has 2 amide bonds. The third-order valence-corrected chi connectivity index (χ3v) is 10.7. The number of halogens is 1. The predicted molar refractivity (Wildman–Crippen MR) is 177 cm³/mol. The minimum Gasteiger partial charge on any atom is -0.446 e. The van der Waals surface area contributed by atoms with Gasteiger partial charge in [-0.2, -0.15) is 0 Å². The zero-order chi connectivity index (χ0) is 31.6. The van der Waals surface area contributed by atoms with E-state index >= 15 is 0 Å². The zero-order valence-electron chi connectivity index (χ0n) is 26.8. The molecule has 2 aliphatic carbocycles. The lowest BCUT2D eigenvalue weighted by atomic mass is 9.94. The fourth-order valence-electron chi connectivity index (χ4n) is 8.11. The van der Waals surface area contributed by atoms with Crippen molar-refractivity contribution in [2.24, 2.45) is 5.92 Å². The highest BCUT2D eigenvalue weighted by atomic mass is 35.5. The number of rotatable bonds is 5. The highest BCUT2D eigenvalue weighted by molar-refractivity contribution is 6.30. The quantitative estimate of drug-likeness (QED) is 0.348. The average molecular weight is 645 g/mol. The molecule has 1 saturated carbocycles. The van der Waals surface area contributed by atoms with Crippen molar-refractivity contribution in [3.05, 3.63) is 82.2 Å². The summed E-state index contributed by atoms with van der Waals surface area (Å²) in [5, 5.41) is 0.727. The first kappa shape index (κ1) is 31.2. The third-order valence-electron chi connectivity index (χ3n) is 10.4. The summed E-state index contributed by atoms with van der Waals surface area (Å²) in [7, 11) is 0. The van der Waals surface area contributed by atoms with E-state index in [2.05, 4.69) is 38.8 Å². The maximum absolute atomic E-state index is 14.6. The maximum atomic E-state index is 14.6. The summed E-state index contributed by atoms with van der Waals surface area (Å²) in [5.74, 6) is 0.353. The van der Waals surface area contributed by atoms with Crippen molar-refractivity contribution in [3.63, 3.8) is 0 Å². The Morgan fingerprint density at radius 2 is 1.80 bits per heavy atom. The number of piperazine rings is 1. The van der Waals surface area contributed by atoms with Gasteiger partial charge in [-0.05, 0) is 99.1 Å². The Kier molecular flexibility index (Phi) is 9.31. The van der Waals surface area contributed by atoms with Crippen LogP contribution in [0.4, 0.5) is 4.79 Å². The normalized spacial score (nSPS) is 24.2. The summed E-state index contributed by atoms with van der Waals surface area (Å²) in [4.78, 5) is 43.8. The second-order valence-corrected chi connectivity index (χ2v) is 14.1. The van der Waals surface area contributed by atoms with Crippen molar-refractivity contribution in [2.75, 3.05) is 32.7 Å². The molecule has 2 aliphatic heterocycles. The lowest BCUT2D eigenvalue weighted by Crippen LogP contribution is -2.62. The van der Waals surface area contributed by atoms with Gasteiger partial charge in [-0.1, -0.05) is 30.2 Å². The number of benzene rings is 1. The van der Waals surface area contributed by atoms with Gasteiger partial charge in [0.1, 0.15) is 12.1 Å². The Morgan fingerprint density at radius 3 is 2.63 bits per heavy atom. The third kappa shape index (κ3) is 6.67. The molecule has 46 heavy (non-hydrogen) atoms. The van der Waals surface area contributed by atoms with Crippen LogP contribution in [0.2, 0.25) is 5.02 Å². The number of hydrogen-bond acceptors (Lipinski definition) is 6. The largest absolute Gasteiger partial charge is 0.446 e. The summed E-state index contributed by atoms with van der Waals surface area (Å²) < 4.78 is 8.22. The number of imidazole rings is 1. The molecule has 3 atom stereocenters. The molecule has 7 rings (SSSR count). The Balaban J connectivity index is 1.17. The van der Waals surface area contributed by atoms with E-state index < -0.39 is 6.04 Å². The van der Waals surface area contributed by atoms with Crippen LogP contribution in [0.5, 0.6) is 0 Å². The smallest absolute Gasteiger partial charge is 0.410 e. The minimum absolute atomic E-state index is 0.0167. The number of likely N-dealkylation sites (tertiary alicyclic amines) is 1. The zero-order valence-corrected chi connectivity index (χ0v) is 27.6. The molecule has 1 aromatic carbocycles. The van der Waals surface area contributed by atoms with Crippen molar-refractivity contribution in [1.82, 2.24) is 29.2 Å². The van der Waals surface area contributed by atoms with E-state index in [4.69, 9.17) is 21.3 Å². The highest BCUT2D eigenvalue weighted by Crippen LogP contribution is 2.38. The number of pyridine rings is 1. The molecular formula is C36H45ClN6O3. The number of aryl methyl sites for hydroxylation is 3. The average Bonchev–Trinajstić information content (AvgIpc) is 3.41. The van der Waals surface area contributed by atoms with Crippen LogP contribution >= 0.6 is 11.6 Å². The van der Waals surface area contributed by atoms with Crippen LogP contribution < -0.4 is 0 Å². The summed E-state index contributed by atoms with van der Waals surface area (Å²) in [6, 6.07) is 9.56. The number of amides is 2. The first-order valence-corrected chi connectivity index (χ1v) is 17.5. The Morgan fingerprint density at radius 1 is 0.957 bits per heavy atom. The Bertz CT molecular complexity index is 1550. The molecule has 9 nitrogen and oxygen atoms in total. The lowest BCUT2D eigenvalue weighted by molar-refractivity contribution is -0.141. The van der Waals surface area contributed by atoms with Crippen LogP contribution in [0.15, 0.2) is 49.1 Å². The van der Waals surface area contributed by atoms with Crippen LogP contribution in [0.1, 0.15) is 79.1 Å². The predicted octanol–water partition coefficient (Wildman–Crippen LogP) is 5.82. The molecular weight excluding hydrogens is 600 g/mol. The van der Waals surface area contributed by atoms with E-state index in [-0.39, 0.29) is 24.1 Å². The molecule has 0 bridgehead atoms. The molecule has 4 aliphatic rings. The number of hydrogen-bond donors (Lipinski definition) is 0. The second-order valence-electron chi connectivity index (χ2n) is 13.6. The molecule has 2 unspecified atom stereocenters. The van der Waals surface area contributed by atoms with Gasteiger partial charge in [-0.15, -0.1) is 0 Å². The van der Waals surface area contributed by atoms with Crippen LogP contribution in [0, 0.1) is 12.8 Å². The molecule has 0 radical (unpaired) electrons. The number of piperidine rings is 1. The first-order chi connectivity index (χ1) is 22.4. The van der Waals surface area contributed by atoms with Crippen molar-refractivity contribution in [3.8, 4) is 0 Å². The molecule has 2 saturated heterocycles. The van der Waals surface area contributed by atoms with Crippen LogP contribution in [0.25, 0.3) is 0 Å². The van der Waals surface area contributed by atoms with Crippen molar-refractivity contribution in [1.29, 1.82) is 0 Å². The van der Waals surface area contributed by atoms with Crippen molar-refractivity contribution in [2.45, 2.75) is 89.4 Å². The molecule has 4 heterocycles. The van der Waals surface area contributed by atoms with Gasteiger partial charge in [0.05, 0.1) is 23.8 Å². The maximum Gasteiger partial charge on any atom is 0.410 e. The number of nitrogens with zero attached hydrogens (tertiary/aromatic N) is 6. The summed E-state index contributed by atoms with van der Waals surface area (Å²) >= 11 is 6.48. The van der Waals surface area contributed by atoms with Crippen LogP contribution in [0.3, 0.4) is 0 Å². The fourth-order valence-corrected chi connectivity index (χ4v) is 8.30. The van der Waals surface area contributed by atoms with E-state index in [0.29, 0.717) is 38.6 Å². The van der Waals surface area contributed by atoms with Gasteiger partial charge in [-0.3, -0.25) is 19.6 Å². The van der Waals surface area contributed by atoms with Crippen LogP contribution in [-0.2, 0) is 28.9 Å². The molecule has 3 aromatic rings. The highest BCUT2D eigenvalue weighted by Gasteiger charge is 2.43. The molecule has 2 aromatic heterocycles. The topological polar surface area (TPSA) is 83.8 Å². The lowest BCUT2D eigenvalue weighted by Gasteiger charge is -2.45. The van der Waals surface area contributed by atoms with Crippen molar-refractivity contribution >= 4 is 23.6 Å². The van der Waals surface area contributed by atoms with E-state index in [1.807, 2.05) is 36.5 Å². The minimum atomic E-state index is -0.634. The van der Waals surface area contributed by atoms with Crippen molar-refractivity contribution < 1.29 is 14.3 Å². The van der Waals surface area contributed by atoms with Gasteiger partial charge in [0.2, 0.25) is 5.91 Å². The fraction of sp³-hybridized carbons (Fsp3) is 0.556. The SMILES string of the molecule is Cc1cn(CC2CCCN(C(=O)[C@H]3CN(C4c5ccc(Cl)cc5CCc5cccnc54)CCN3C(=O)OC3CCCCC3)C2)cn1. The van der Waals surface area contributed by atoms with Crippen LogP contribution in [-0.4, -0.2) is 86.1 Å². The second kappa shape index (κ2) is 13.7. The van der Waals surface area contributed by atoms with E-state index in [9.17, 15) is 9.59 Å². The van der Waals surface area contributed by atoms with Gasteiger partial charge in [0.25, 0.3) is 0 Å². The molecule has 10 heteroatoms. The molecule has 3 fully saturated rings. The number of carbonyl (C=O) groups excluding carboxylic acids is 2. The summed E-state index contributed by atoms with van der Waals surface area (Å²) in [6.07, 6.45) is 14.3. The van der Waals surface area contributed by atoms with E-state index in [1.54, 1.807) is 4.90 Å². The molecule has 244 valence electrons. The van der Waals surface area contributed by atoms with Gasteiger partial charge < -0.3 is 14.2 Å². The van der Waals surface area contributed by atoms with Gasteiger partial charge in [0, 0.05) is 56.7 Å². The number of carbonyl (C=O) groups is 2. The summed E-state index contributed by atoms with van der Waals surface area (Å²) in [5.41, 5.74) is 5.64. The number of fused-ring (bicyclic) bond motifs is 2. The molecule has 0 spiro atoms. The van der Waals surface area contributed by atoms with Gasteiger partial charge in [0.15, 0.2) is 0 Å². The Hall–Kier alpha value is -3.43. The first-order valence-electron chi connectivity index (χ1n) is 17.1. The van der Waals surface area contributed by atoms with Gasteiger partial charge in [-0.25, -0.2) is 9.78 Å². The monoisotopic (exact) mass is 644 g/mol. The number of aromatic nitrogens is 3. The van der Waals surface area contributed by atoms with E-state index in [1.165, 1.54) is 23.1 Å². The molecule has 0 N–H and O–H groups in total. The Labute approximate surface area is 276 Å². The summed E-state index contributed by atoms with van der Waals surface area (Å²) in [6.45, 7) is 5.67. The van der Waals surface area contributed by atoms with E-state index in [0.717, 1.165) is 74.3 Å². The standard InChI is InChI=1S/C36H45ClN6O3/c1-25-20-40(24-39-25)21-26-7-6-16-42(22-26)35(44)32-23-41(17-18-43(32)36(45)46-30-9-3-2-4-10-30)34-31-14-13-29(37)19-28(31)12-11-27-8-5-15-38-33(27)34/h5,8,13-15,19-20,24,26,30,32,34H,2-4,6-7,9-12,16-18,21-23H2,1H3/t26?,32-,34?/m1/s1.